The second kappa shape index (κ2) is 4.15. The zero-order valence-corrected chi connectivity index (χ0v) is 9.97. The van der Waals surface area contributed by atoms with Crippen molar-refractivity contribution in [2.24, 2.45) is 0 Å². The first-order valence-electron chi connectivity index (χ1n) is 4.40. The van der Waals surface area contributed by atoms with E-state index < -0.39 is 0 Å². The highest BCUT2D eigenvalue weighted by atomic mass is 35.5. The summed E-state index contributed by atoms with van der Waals surface area (Å²) in [4.78, 5) is 0. The molecule has 1 heterocycles. The molecule has 0 saturated carbocycles. The molecule has 0 atom stereocenters. The number of nitrogens with one attached hydrogen (secondary N) is 1. The van der Waals surface area contributed by atoms with Crippen LogP contribution in [0.4, 0.5) is 0 Å². The molecule has 2 rings (SSSR count). The van der Waals surface area contributed by atoms with Crippen LogP contribution in [0.5, 0.6) is 5.75 Å². The standard InChI is InChI=1S/C9H9ClN4OS/c1-15-7-3-2-5(10)4-6(7)8-12-13-9(16)14(8)11/h2-4H,11H2,1H3,(H,13,16). The first kappa shape index (κ1) is 11.0. The lowest BCUT2D eigenvalue weighted by atomic mass is 10.2. The summed E-state index contributed by atoms with van der Waals surface area (Å²) in [7, 11) is 1.56. The molecule has 0 unspecified atom stereocenters. The molecule has 0 aliphatic rings. The highest BCUT2D eigenvalue weighted by molar-refractivity contribution is 7.71. The number of H-pyrrole nitrogens is 1. The summed E-state index contributed by atoms with van der Waals surface area (Å²) in [6, 6.07) is 5.19. The lowest BCUT2D eigenvalue weighted by Gasteiger charge is -2.07. The first-order chi connectivity index (χ1) is 7.63. The van der Waals surface area contributed by atoms with E-state index in [1.54, 1.807) is 25.3 Å². The van der Waals surface area contributed by atoms with E-state index in [0.717, 1.165) is 0 Å². The summed E-state index contributed by atoms with van der Waals surface area (Å²) in [6.07, 6.45) is 0. The average Bonchev–Trinajstić information content (AvgIpc) is 2.60. The normalized spacial score (nSPS) is 10.4. The average molecular weight is 257 g/mol. The molecule has 0 radical (unpaired) electrons. The Bertz CT molecular complexity index is 577. The topological polar surface area (TPSA) is 68.9 Å². The maximum atomic E-state index is 5.91. The minimum absolute atomic E-state index is 0.331. The Hall–Kier alpha value is -1.53. The smallest absolute Gasteiger partial charge is 0.214 e. The van der Waals surface area contributed by atoms with Crippen LogP contribution in [0.25, 0.3) is 11.4 Å². The molecule has 2 aromatic rings. The summed E-state index contributed by atoms with van der Waals surface area (Å²) in [5.41, 5.74) is 0.685. The van der Waals surface area contributed by atoms with Gasteiger partial charge in [0, 0.05) is 5.02 Å². The quantitative estimate of drug-likeness (QED) is 0.637. The van der Waals surface area contributed by atoms with Gasteiger partial charge in [-0.3, -0.25) is 0 Å². The molecule has 0 bridgehead atoms. The Morgan fingerprint density at radius 3 is 2.88 bits per heavy atom. The van der Waals surface area contributed by atoms with Crippen LogP contribution in [0.3, 0.4) is 0 Å². The van der Waals surface area contributed by atoms with Gasteiger partial charge in [0.25, 0.3) is 0 Å². The number of hydrogen-bond acceptors (Lipinski definition) is 4. The predicted molar refractivity (Wildman–Crippen MR) is 64.6 cm³/mol. The fraction of sp³-hybridized carbons (Fsp3) is 0.111. The summed E-state index contributed by atoms with van der Waals surface area (Å²) in [6.45, 7) is 0. The van der Waals surface area contributed by atoms with E-state index in [0.29, 0.717) is 26.9 Å². The van der Waals surface area contributed by atoms with Crippen molar-refractivity contribution in [2.45, 2.75) is 0 Å². The van der Waals surface area contributed by atoms with Crippen molar-refractivity contribution < 1.29 is 4.74 Å². The Kier molecular flexibility index (Phi) is 2.84. The molecule has 0 spiro atoms. The summed E-state index contributed by atoms with van der Waals surface area (Å²) in [5.74, 6) is 6.83. The summed E-state index contributed by atoms with van der Waals surface area (Å²) in [5, 5.41) is 7.19. The van der Waals surface area contributed by atoms with Gasteiger partial charge in [-0.05, 0) is 30.4 Å². The third-order valence-electron chi connectivity index (χ3n) is 2.11. The van der Waals surface area contributed by atoms with Gasteiger partial charge >= 0.3 is 0 Å². The molecular formula is C9H9ClN4OS. The van der Waals surface area contributed by atoms with Gasteiger partial charge in [-0.25, -0.2) is 9.77 Å². The SMILES string of the molecule is COc1ccc(Cl)cc1-c1n[nH]c(=S)n1N. The Morgan fingerprint density at radius 2 is 2.31 bits per heavy atom. The van der Waals surface area contributed by atoms with E-state index in [1.807, 2.05) is 0 Å². The number of benzene rings is 1. The minimum Gasteiger partial charge on any atom is -0.496 e. The highest BCUT2D eigenvalue weighted by Gasteiger charge is 2.12. The van der Waals surface area contributed by atoms with Gasteiger partial charge in [-0.2, -0.15) is 5.10 Å². The minimum atomic E-state index is 0.331. The zero-order chi connectivity index (χ0) is 11.7. The lowest BCUT2D eigenvalue weighted by Crippen LogP contribution is -2.10. The predicted octanol–water partition coefficient (Wildman–Crippen LogP) is 1.98. The van der Waals surface area contributed by atoms with Crippen LogP contribution < -0.4 is 10.6 Å². The van der Waals surface area contributed by atoms with Gasteiger partial charge in [0.2, 0.25) is 4.77 Å². The van der Waals surface area contributed by atoms with Crippen LogP contribution in [0.15, 0.2) is 18.2 Å². The van der Waals surface area contributed by atoms with Crippen molar-refractivity contribution in [2.75, 3.05) is 13.0 Å². The lowest BCUT2D eigenvalue weighted by molar-refractivity contribution is 0.416. The fourth-order valence-corrected chi connectivity index (χ4v) is 1.65. The number of methoxy groups -OCH3 is 1. The monoisotopic (exact) mass is 256 g/mol. The van der Waals surface area contributed by atoms with E-state index in [-0.39, 0.29) is 0 Å². The summed E-state index contributed by atoms with van der Waals surface area (Å²) >= 11 is 10.8. The molecule has 0 aliphatic heterocycles. The number of halogens is 1. The molecule has 84 valence electrons. The number of hydrogen-bond donors (Lipinski definition) is 2. The molecule has 0 fully saturated rings. The van der Waals surface area contributed by atoms with E-state index in [2.05, 4.69) is 10.2 Å². The second-order valence-corrected chi connectivity index (χ2v) is 3.89. The number of nitrogen functional groups attached to an aromatic ring is 1. The van der Waals surface area contributed by atoms with Crippen molar-refractivity contribution in [3.63, 3.8) is 0 Å². The Morgan fingerprint density at radius 1 is 1.56 bits per heavy atom. The molecule has 3 N–H and O–H groups in total. The fourth-order valence-electron chi connectivity index (χ4n) is 1.35. The largest absolute Gasteiger partial charge is 0.496 e. The van der Waals surface area contributed by atoms with Crippen molar-refractivity contribution in [3.8, 4) is 17.1 Å². The third kappa shape index (κ3) is 1.77. The van der Waals surface area contributed by atoms with E-state index in [9.17, 15) is 0 Å². The Labute approximate surface area is 102 Å². The molecule has 16 heavy (non-hydrogen) atoms. The van der Waals surface area contributed by atoms with Crippen LogP contribution in [-0.4, -0.2) is 22.0 Å². The van der Waals surface area contributed by atoms with Crippen molar-refractivity contribution in [1.29, 1.82) is 0 Å². The molecule has 1 aromatic carbocycles. The third-order valence-corrected chi connectivity index (χ3v) is 2.63. The van der Waals surface area contributed by atoms with Crippen LogP contribution in [0.2, 0.25) is 5.02 Å². The van der Waals surface area contributed by atoms with Crippen LogP contribution in [0.1, 0.15) is 0 Å². The van der Waals surface area contributed by atoms with Crippen LogP contribution in [0, 0.1) is 4.77 Å². The second-order valence-electron chi connectivity index (χ2n) is 3.07. The molecule has 1 aromatic heterocycles. The van der Waals surface area contributed by atoms with Gasteiger partial charge in [-0.15, -0.1) is 0 Å². The number of aromatic nitrogens is 3. The first-order valence-corrected chi connectivity index (χ1v) is 5.18. The summed E-state index contributed by atoms with van der Waals surface area (Å²) < 4.78 is 6.80. The molecule has 0 saturated heterocycles. The number of ether oxygens (including phenoxy) is 1. The van der Waals surface area contributed by atoms with Crippen molar-refractivity contribution in [3.05, 3.63) is 28.0 Å². The van der Waals surface area contributed by atoms with Crippen LogP contribution in [-0.2, 0) is 0 Å². The van der Waals surface area contributed by atoms with Gasteiger partial charge in [0.1, 0.15) is 5.75 Å². The number of nitrogens with two attached hydrogens (primary N) is 1. The van der Waals surface area contributed by atoms with Gasteiger partial charge in [0.05, 0.1) is 12.7 Å². The Balaban J connectivity index is 2.67. The van der Waals surface area contributed by atoms with Crippen molar-refractivity contribution in [1.82, 2.24) is 14.9 Å². The molecule has 5 nitrogen and oxygen atoms in total. The number of nitrogens with zero attached hydrogens (tertiary/aromatic N) is 2. The van der Waals surface area contributed by atoms with Gasteiger partial charge in [-0.1, -0.05) is 11.6 Å². The van der Waals surface area contributed by atoms with E-state index in [1.165, 1.54) is 4.68 Å². The van der Waals surface area contributed by atoms with Gasteiger partial charge < -0.3 is 10.6 Å². The van der Waals surface area contributed by atoms with E-state index in [4.69, 9.17) is 34.4 Å². The molecular weight excluding hydrogens is 248 g/mol. The maximum absolute atomic E-state index is 5.91. The van der Waals surface area contributed by atoms with Gasteiger partial charge in [0.15, 0.2) is 5.82 Å². The molecule has 0 amide bonds. The van der Waals surface area contributed by atoms with Crippen molar-refractivity contribution >= 4 is 23.8 Å². The molecule has 0 aliphatic carbocycles. The van der Waals surface area contributed by atoms with Crippen LogP contribution >= 0.6 is 23.8 Å². The highest BCUT2D eigenvalue weighted by Crippen LogP contribution is 2.30. The number of aromatic amines is 1. The maximum Gasteiger partial charge on any atom is 0.214 e. The van der Waals surface area contributed by atoms with E-state index >= 15 is 0 Å². The number of rotatable bonds is 2. The zero-order valence-electron chi connectivity index (χ0n) is 8.40. The molecule has 7 heteroatoms.